The summed E-state index contributed by atoms with van der Waals surface area (Å²) in [6.07, 6.45) is 4.70. The molecular weight excluding hydrogens is 300 g/mol. The number of aromatic carboxylic acids is 1. The maximum Gasteiger partial charge on any atom is 0.335 e. The van der Waals surface area contributed by atoms with Gasteiger partial charge in [-0.1, -0.05) is 19.8 Å². The highest BCUT2D eigenvalue weighted by atomic mass is 32.1. The van der Waals surface area contributed by atoms with Crippen LogP contribution in [-0.4, -0.2) is 28.5 Å². The van der Waals surface area contributed by atoms with Crippen molar-refractivity contribution in [2.75, 3.05) is 6.54 Å². The minimum atomic E-state index is -1.06. The molecular formula is C16H18N2O3S. The average molecular weight is 318 g/mol. The lowest BCUT2D eigenvalue weighted by atomic mass is 10.1. The summed E-state index contributed by atoms with van der Waals surface area (Å²) in [5.41, 5.74) is 1.08. The standard InChI is InChI=1S/C16H18N2O3S/c1-2-3-4-5-17-14(19)11-8-12(15-18-6-7-22-15)10-13(9-11)16(20)21/h6-10H,2-5H2,1H3,(H,17,19)(H,20,21). The summed E-state index contributed by atoms with van der Waals surface area (Å²) in [5, 5.41) is 14.5. The summed E-state index contributed by atoms with van der Waals surface area (Å²) < 4.78 is 0. The van der Waals surface area contributed by atoms with Gasteiger partial charge in [0.05, 0.1) is 5.56 Å². The molecule has 1 heterocycles. The fraction of sp³-hybridized carbons (Fsp3) is 0.312. The monoisotopic (exact) mass is 318 g/mol. The van der Waals surface area contributed by atoms with Crippen molar-refractivity contribution >= 4 is 23.2 Å². The second kappa shape index (κ2) is 7.70. The zero-order chi connectivity index (χ0) is 15.9. The zero-order valence-corrected chi connectivity index (χ0v) is 13.2. The molecule has 0 aliphatic rings. The third kappa shape index (κ3) is 4.14. The van der Waals surface area contributed by atoms with Crippen molar-refractivity contribution in [1.29, 1.82) is 0 Å². The van der Waals surface area contributed by atoms with E-state index >= 15 is 0 Å². The SMILES string of the molecule is CCCCCNC(=O)c1cc(C(=O)O)cc(-c2nccs2)c1. The van der Waals surface area contributed by atoms with Crippen molar-refractivity contribution in [2.24, 2.45) is 0 Å². The van der Waals surface area contributed by atoms with E-state index in [4.69, 9.17) is 0 Å². The van der Waals surface area contributed by atoms with Gasteiger partial charge in [0, 0.05) is 29.2 Å². The van der Waals surface area contributed by atoms with E-state index < -0.39 is 5.97 Å². The van der Waals surface area contributed by atoms with Crippen molar-refractivity contribution in [3.63, 3.8) is 0 Å². The van der Waals surface area contributed by atoms with E-state index in [1.807, 2.05) is 5.38 Å². The van der Waals surface area contributed by atoms with Gasteiger partial charge in [-0.25, -0.2) is 9.78 Å². The minimum Gasteiger partial charge on any atom is -0.478 e. The van der Waals surface area contributed by atoms with Gasteiger partial charge < -0.3 is 10.4 Å². The predicted molar refractivity (Wildman–Crippen MR) is 86.4 cm³/mol. The Kier molecular flexibility index (Phi) is 5.66. The Balaban J connectivity index is 2.23. The first kappa shape index (κ1) is 16.2. The number of rotatable bonds is 7. The number of thiazole rings is 1. The van der Waals surface area contributed by atoms with Crippen LogP contribution in [-0.2, 0) is 0 Å². The van der Waals surface area contributed by atoms with Gasteiger partial charge in [-0.05, 0) is 24.6 Å². The fourth-order valence-electron chi connectivity index (χ4n) is 2.05. The lowest BCUT2D eigenvalue weighted by molar-refractivity contribution is 0.0697. The number of amides is 1. The number of carboxylic acids is 1. The fourth-order valence-corrected chi connectivity index (χ4v) is 2.68. The van der Waals surface area contributed by atoms with Crippen molar-refractivity contribution in [3.8, 4) is 10.6 Å². The van der Waals surface area contributed by atoms with Crippen molar-refractivity contribution in [2.45, 2.75) is 26.2 Å². The topological polar surface area (TPSA) is 79.3 Å². The van der Waals surface area contributed by atoms with Crippen LogP contribution >= 0.6 is 11.3 Å². The molecule has 1 aromatic carbocycles. The highest BCUT2D eigenvalue weighted by Gasteiger charge is 2.14. The first-order valence-electron chi connectivity index (χ1n) is 7.18. The maximum absolute atomic E-state index is 12.2. The molecule has 5 nitrogen and oxygen atoms in total. The Morgan fingerprint density at radius 1 is 1.23 bits per heavy atom. The molecule has 1 amide bonds. The highest BCUT2D eigenvalue weighted by molar-refractivity contribution is 7.13. The van der Waals surface area contributed by atoms with Crippen LogP contribution in [0.15, 0.2) is 29.8 Å². The molecule has 2 rings (SSSR count). The number of nitrogens with zero attached hydrogens (tertiary/aromatic N) is 1. The minimum absolute atomic E-state index is 0.0893. The first-order chi connectivity index (χ1) is 10.6. The van der Waals surface area contributed by atoms with Gasteiger partial charge in [0.25, 0.3) is 5.91 Å². The van der Waals surface area contributed by atoms with Crippen molar-refractivity contribution in [1.82, 2.24) is 10.3 Å². The molecule has 0 spiro atoms. The lowest BCUT2D eigenvalue weighted by Gasteiger charge is -2.07. The molecule has 6 heteroatoms. The van der Waals surface area contributed by atoms with E-state index in [-0.39, 0.29) is 11.5 Å². The van der Waals surface area contributed by atoms with Crippen LogP contribution in [0.4, 0.5) is 0 Å². The van der Waals surface area contributed by atoms with Crippen LogP contribution in [0.5, 0.6) is 0 Å². The van der Waals surface area contributed by atoms with Gasteiger partial charge in [-0.2, -0.15) is 0 Å². The van der Waals surface area contributed by atoms with Crippen LogP contribution in [0.1, 0.15) is 46.9 Å². The van der Waals surface area contributed by atoms with Gasteiger partial charge in [0.1, 0.15) is 5.01 Å². The number of benzene rings is 1. The normalized spacial score (nSPS) is 10.4. The van der Waals surface area contributed by atoms with Crippen LogP contribution in [0, 0.1) is 0 Å². The van der Waals surface area contributed by atoms with Crippen LogP contribution in [0.25, 0.3) is 10.6 Å². The molecule has 0 unspecified atom stereocenters. The number of unbranched alkanes of at least 4 members (excludes halogenated alkanes) is 2. The summed E-state index contributed by atoms with van der Waals surface area (Å²) in [5.74, 6) is -1.31. The predicted octanol–water partition coefficient (Wildman–Crippen LogP) is 3.43. The number of carbonyl (C=O) groups excluding carboxylic acids is 1. The second-order valence-electron chi connectivity index (χ2n) is 4.90. The Morgan fingerprint density at radius 2 is 2.00 bits per heavy atom. The van der Waals surface area contributed by atoms with Crippen molar-refractivity contribution in [3.05, 3.63) is 40.9 Å². The summed E-state index contributed by atoms with van der Waals surface area (Å²) in [6, 6.07) is 4.62. The van der Waals surface area contributed by atoms with Gasteiger partial charge in [-0.15, -0.1) is 11.3 Å². The Labute approximate surface area is 133 Å². The summed E-state index contributed by atoms with van der Waals surface area (Å²) >= 11 is 1.41. The zero-order valence-electron chi connectivity index (χ0n) is 12.3. The molecule has 0 aliphatic heterocycles. The van der Waals surface area contributed by atoms with E-state index in [2.05, 4.69) is 17.2 Å². The third-order valence-corrected chi connectivity index (χ3v) is 4.01. The molecule has 0 saturated carbocycles. The van der Waals surface area contributed by atoms with Crippen LogP contribution < -0.4 is 5.32 Å². The van der Waals surface area contributed by atoms with Gasteiger partial charge >= 0.3 is 5.97 Å². The molecule has 2 aromatic rings. The molecule has 0 bridgehead atoms. The number of nitrogens with one attached hydrogen (secondary N) is 1. The first-order valence-corrected chi connectivity index (χ1v) is 8.06. The quantitative estimate of drug-likeness (QED) is 0.767. The second-order valence-corrected chi connectivity index (χ2v) is 5.80. The van der Waals surface area contributed by atoms with Crippen molar-refractivity contribution < 1.29 is 14.7 Å². The Bertz CT molecular complexity index is 653. The molecule has 2 N–H and O–H groups in total. The highest BCUT2D eigenvalue weighted by Crippen LogP contribution is 2.24. The molecule has 0 aliphatic carbocycles. The summed E-state index contributed by atoms with van der Waals surface area (Å²) in [6.45, 7) is 2.69. The van der Waals surface area contributed by atoms with E-state index in [1.165, 1.54) is 23.5 Å². The molecule has 1 aromatic heterocycles. The number of hydrogen-bond acceptors (Lipinski definition) is 4. The number of carboxylic acid groups (broad SMARTS) is 1. The maximum atomic E-state index is 12.2. The van der Waals surface area contributed by atoms with E-state index in [9.17, 15) is 14.7 Å². The van der Waals surface area contributed by atoms with E-state index in [1.54, 1.807) is 12.3 Å². The van der Waals surface area contributed by atoms with Gasteiger partial charge in [-0.3, -0.25) is 4.79 Å². The summed E-state index contributed by atoms with van der Waals surface area (Å²) in [7, 11) is 0. The number of hydrogen-bond donors (Lipinski definition) is 2. The molecule has 0 radical (unpaired) electrons. The number of aromatic nitrogens is 1. The molecule has 0 atom stereocenters. The Morgan fingerprint density at radius 3 is 2.64 bits per heavy atom. The molecule has 116 valence electrons. The molecule has 0 saturated heterocycles. The van der Waals surface area contributed by atoms with Gasteiger partial charge in [0.2, 0.25) is 0 Å². The van der Waals surface area contributed by atoms with E-state index in [0.717, 1.165) is 19.3 Å². The van der Waals surface area contributed by atoms with Gasteiger partial charge in [0.15, 0.2) is 0 Å². The Hall–Kier alpha value is -2.21. The third-order valence-electron chi connectivity index (χ3n) is 3.19. The van der Waals surface area contributed by atoms with Crippen LogP contribution in [0.3, 0.4) is 0 Å². The van der Waals surface area contributed by atoms with Crippen LogP contribution in [0.2, 0.25) is 0 Å². The lowest BCUT2D eigenvalue weighted by Crippen LogP contribution is -2.24. The molecule has 22 heavy (non-hydrogen) atoms. The molecule has 0 fully saturated rings. The number of carbonyl (C=O) groups is 2. The summed E-state index contributed by atoms with van der Waals surface area (Å²) in [4.78, 5) is 27.6. The largest absolute Gasteiger partial charge is 0.478 e. The van der Waals surface area contributed by atoms with E-state index in [0.29, 0.717) is 22.7 Å². The average Bonchev–Trinajstić information content (AvgIpc) is 3.05. The smallest absolute Gasteiger partial charge is 0.335 e.